The second-order valence-corrected chi connectivity index (χ2v) is 4.88. The van der Waals surface area contributed by atoms with Crippen LogP contribution in [0.3, 0.4) is 0 Å². The standard InChI is InChI=1S/C14H12N6O2/c21-14(22)11-4-9-12(15-6-16-13(9)19-11)18-8-1-2-10-7(3-8)5-17-20-10/h1-6,14,21-22H,(H,17,20)(H2,15,16,18,19). The Morgan fingerprint density at radius 1 is 1.14 bits per heavy atom. The summed E-state index contributed by atoms with van der Waals surface area (Å²) >= 11 is 0. The largest absolute Gasteiger partial charge is 0.363 e. The van der Waals surface area contributed by atoms with Gasteiger partial charge in [-0.3, -0.25) is 5.10 Å². The summed E-state index contributed by atoms with van der Waals surface area (Å²) in [6, 6.07) is 7.38. The fraction of sp³-hybridized carbons (Fsp3) is 0.0714. The monoisotopic (exact) mass is 296 g/mol. The fourth-order valence-electron chi connectivity index (χ4n) is 2.36. The van der Waals surface area contributed by atoms with Crippen molar-refractivity contribution in [2.45, 2.75) is 6.29 Å². The number of fused-ring (bicyclic) bond motifs is 2. The molecule has 110 valence electrons. The van der Waals surface area contributed by atoms with Gasteiger partial charge in [0.05, 0.1) is 22.8 Å². The summed E-state index contributed by atoms with van der Waals surface area (Å²) in [6.07, 6.45) is 1.57. The first kappa shape index (κ1) is 12.7. The van der Waals surface area contributed by atoms with Gasteiger partial charge in [0.2, 0.25) is 0 Å². The van der Waals surface area contributed by atoms with E-state index in [1.54, 1.807) is 12.3 Å². The Kier molecular flexibility index (Phi) is 2.78. The van der Waals surface area contributed by atoms with Crippen molar-refractivity contribution in [2.24, 2.45) is 0 Å². The zero-order valence-corrected chi connectivity index (χ0v) is 11.3. The van der Waals surface area contributed by atoms with Gasteiger partial charge in [0.15, 0.2) is 6.29 Å². The Labute approximate surface area is 123 Å². The lowest BCUT2D eigenvalue weighted by Crippen LogP contribution is -1.94. The number of rotatable bonds is 3. The van der Waals surface area contributed by atoms with Gasteiger partial charge in [-0.25, -0.2) is 9.97 Å². The van der Waals surface area contributed by atoms with Gasteiger partial charge in [-0.15, -0.1) is 0 Å². The second-order valence-electron chi connectivity index (χ2n) is 4.88. The number of anilines is 2. The van der Waals surface area contributed by atoms with Gasteiger partial charge >= 0.3 is 0 Å². The molecular weight excluding hydrogens is 284 g/mol. The highest BCUT2D eigenvalue weighted by Crippen LogP contribution is 2.26. The van der Waals surface area contributed by atoms with Crippen molar-refractivity contribution in [1.29, 1.82) is 0 Å². The van der Waals surface area contributed by atoms with Gasteiger partial charge in [-0.2, -0.15) is 5.10 Å². The van der Waals surface area contributed by atoms with Crippen LogP contribution in [0.15, 0.2) is 36.8 Å². The lowest BCUT2D eigenvalue weighted by molar-refractivity contribution is -0.0453. The van der Waals surface area contributed by atoms with E-state index in [9.17, 15) is 10.2 Å². The summed E-state index contributed by atoms with van der Waals surface area (Å²) in [5, 5.41) is 30.2. The molecule has 3 aromatic heterocycles. The third-order valence-corrected chi connectivity index (χ3v) is 3.43. The van der Waals surface area contributed by atoms with E-state index in [2.05, 4.69) is 30.5 Å². The Hall–Kier alpha value is -2.97. The Morgan fingerprint density at radius 2 is 2.05 bits per heavy atom. The molecule has 8 heteroatoms. The summed E-state index contributed by atoms with van der Waals surface area (Å²) in [6.45, 7) is 0. The minimum absolute atomic E-state index is 0.267. The first-order chi connectivity index (χ1) is 10.7. The van der Waals surface area contributed by atoms with Crippen LogP contribution in [0.5, 0.6) is 0 Å². The fourth-order valence-corrected chi connectivity index (χ4v) is 2.36. The van der Waals surface area contributed by atoms with E-state index in [1.807, 2.05) is 18.2 Å². The average molecular weight is 296 g/mol. The number of aromatic amines is 2. The van der Waals surface area contributed by atoms with Gasteiger partial charge in [0, 0.05) is 11.1 Å². The molecule has 0 saturated heterocycles. The van der Waals surface area contributed by atoms with Gasteiger partial charge in [-0.1, -0.05) is 0 Å². The Balaban J connectivity index is 1.76. The topological polar surface area (TPSA) is 123 Å². The molecule has 8 nitrogen and oxygen atoms in total. The molecule has 0 aliphatic carbocycles. The van der Waals surface area contributed by atoms with Crippen molar-refractivity contribution in [3.05, 3.63) is 42.5 Å². The third-order valence-electron chi connectivity index (χ3n) is 3.43. The SMILES string of the molecule is OC(O)c1cc2c(Nc3ccc4[nH]ncc4c3)ncnc2[nH]1. The first-order valence-electron chi connectivity index (χ1n) is 6.60. The van der Waals surface area contributed by atoms with Crippen LogP contribution in [0.25, 0.3) is 21.9 Å². The predicted molar refractivity (Wildman–Crippen MR) is 80.4 cm³/mol. The third kappa shape index (κ3) is 2.07. The first-order valence-corrected chi connectivity index (χ1v) is 6.60. The predicted octanol–water partition coefficient (Wildman–Crippen LogP) is 1.56. The highest BCUT2D eigenvalue weighted by Gasteiger charge is 2.12. The highest BCUT2D eigenvalue weighted by atomic mass is 16.5. The smallest absolute Gasteiger partial charge is 0.193 e. The average Bonchev–Trinajstić information content (AvgIpc) is 3.13. The number of hydrogen-bond acceptors (Lipinski definition) is 6. The molecule has 5 N–H and O–H groups in total. The Morgan fingerprint density at radius 3 is 2.91 bits per heavy atom. The molecule has 0 atom stereocenters. The molecule has 0 aliphatic rings. The zero-order valence-electron chi connectivity index (χ0n) is 11.3. The molecule has 0 aliphatic heterocycles. The maximum atomic E-state index is 9.25. The number of benzene rings is 1. The minimum atomic E-state index is -1.58. The number of aliphatic hydroxyl groups excluding tert-OH is 1. The van der Waals surface area contributed by atoms with Gasteiger partial charge in [0.25, 0.3) is 0 Å². The molecule has 0 spiro atoms. The van der Waals surface area contributed by atoms with Gasteiger partial charge < -0.3 is 20.5 Å². The second kappa shape index (κ2) is 4.79. The molecule has 4 rings (SSSR count). The number of aromatic nitrogens is 5. The Bertz CT molecular complexity index is 958. The molecule has 0 radical (unpaired) electrons. The molecular formula is C14H12N6O2. The maximum absolute atomic E-state index is 9.25. The number of nitrogens with one attached hydrogen (secondary N) is 3. The van der Waals surface area contributed by atoms with E-state index < -0.39 is 6.29 Å². The van der Waals surface area contributed by atoms with E-state index in [-0.39, 0.29) is 5.69 Å². The van der Waals surface area contributed by atoms with Crippen LogP contribution in [-0.4, -0.2) is 35.4 Å². The number of aliphatic hydroxyl groups is 2. The summed E-state index contributed by atoms with van der Waals surface area (Å²) in [4.78, 5) is 11.1. The lowest BCUT2D eigenvalue weighted by atomic mass is 10.2. The normalized spacial score (nSPS) is 11.6. The number of nitrogens with zero attached hydrogens (tertiary/aromatic N) is 3. The zero-order chi connectivity index (χ0) is 15.1. The van der Waals surface area contributed by atoms with Crippen LogP contribution in [0, 0.1) is 0 Å². The van der Waals surface area contributed by atoms with E-state index in [0.717, 1.165) is 16.6 Å². The lowest BCUT2D eigenvalue weighted by Gasteiger charge is -2.06. The summed E-state index contributed by atoms with van der Waals surface area (Å²) < 4.78 is 0. The summed E-state index contributed by atoms with van der Waals surface area (Å²) in [5.41, 5.74) is 2.60. The number of hydrogen-bond donors (Lipinski definition) is 5. The molecule has 1 aromatic carbocycles. The molecule has 0 bridgehead atoms. The van der Waals surface area contributed by atoms with Crippen molar-refractivity contribution >= 4 is 33.4 Å². The minimum Gasteiger partial charge on any atom is -0.363 e. The van der Waals surface area contributed by atoms with Crippen LogP contribution in [0.2, 0.25) is 0 Å². The quantitative estimate of drug-likeness (QED) is 0.366. The maximum Gasteiger partial charge on any atom is 0.193 e. The summed E-state index contributed by atoms with van der Waals surface area (Å²) in [7, 11) is 0. The highest BCUT2D eigenvalue weighted by molar-refractivity contribution is 5.91. The molecule has 22 heavy (non-hydrogen) atoms. The van der Waals surface area contributed by atoms with Crippen molar-refractivity contribution in [3.63, 3.8) is 0 Å². The van der Waals surface area contributed by atoms with Crippen molar-refractivity contribution in [1.82, 2.24) is 25.1 Å². The molecule has 0 saturated carbocycles. The van der Waals surface area contributed by atoms with Crippen LogP contribution in [0.1, 0.15) is 12.0 Å². The van der Waals surface area contributed by atoms with Crippen molar-refractivity contribution in [2.75, 3.05) is 5.32 Å². The van der Waals surface area contributed by atoms with Crippen LogP contribution >= 0.6 is 0 Å². The van der Waals surface area contributed by atoms with E-state index in [1.165, 1.54) is 6.33 Å². The van der Waals surface area contributed by atoms with Crippen molar-refractivity contribution < 1.29 is 10.2 Å². The van der Waals surface area contributed by atoms with E-state index >= 15 is 0 Å². The van der Waals surface area contributed by atoms with Crippen LogP contribution < -0.4 is 5.32 Å². The van der Waals surface area contributed by atoms with Crippen molar-refractivity contribution in [3.8, 4) is 0 Å². The molecule has 0 amide bonds. The van der Waals surface area contributed by atoms with E-state index in [0.29, 0.717) is 16.9 Å². The van der Waals surface area contributed by atoms with Gasteiger partial charge in [-0.05, 0) is 24.3 Å². The number of H-pyrrole nitrogens is 2. The van der Waals surface area contributed by atoms with E-state index in [4.69, 9.17) is 0 Å². The van der Waals surface area contributed by atoms with Crippen LogP contribution in [-0.2, 0) is 0 Å². The molecule has 3 heterocycles. The summed E-state index contributed by atoms with van der Waals surface area (Å²) in [5.74, 6) is 0.580. The van der Waals surface area contributed by atoms with Gasteiger partial charge in [0.1, 0.15) is 17.8 Å². The molecule has 0 unspecified atom stereocenters. The molecule has 0 fully saturated rings. The molecule has 4 aromatic rings. The van der Waals surface area contributed by atoms with Crippen LogP contribution in [0.4, 0.5) is 11.5 Å².